The van der Waals surface area contributed by atoms with Crippen LogP contribution in [0.25, 0.3) is 11.3 Å². The summed E-state index contributed by atoms with van der Waals surface area (Å²) in [6.07, 6.45) is -4.60. The van der Waals surface area contributed by atoms with Crippen LogP contribution >= 0.6 is 0 Å². The van der Waals surface area contributed by atoms with Crippen LogP contribution < -0.4 is 9.47 Å². The highest BCUT2D eigenvalue weighted by Gasteiger charge is 2.38. The Hall–Kier alpha value is -2.71. The van der Waals surface area contributed by atoms with Gasteiger partial charge in [0.1, 0.15) is 18.8 Å². The number of ether oxygens (including phenoxy) is 2. The van der Waals surface area contributed by atoms with Crippen molar-refractivity contribution in [3.63, 3.8) is 0 Å². The zero-order valence-electron chi connectivity index (χ0n) is 10.8. The fourth-order valence-electron chi connectivity index (χ4n) is 2.06. The van der Waals surface area contributed by atoms with Crippen molar-refractivity contribution >= 4 is 5.97 Å². The molecule has 0 amide bonds. The summed E-state index contributed by atoms with van der Waals surface area (Å²) in [5.74, 6) is -1.92. The standard InChI is InChI=1S/C13H8F3NO5/c14-13(15,16)7-2-1-6(10-11(7)21-4-3-20-10)9-5-8(12(18)19)17-22-9/h1-2,5H,3-4H2,(H,18,19). The molecule has 0 fully saturated rings. The molecule has 1 aliphatic heterocycles. The lowest BCUT2D eigenvalue weighted by Crippen LogP contribution is -2.19. The Kier molecular flexibility index (Phi) is 3.19. The van der Waals surface area contributed by atoms with Crippen LogP contribution in [0.1, 0.15) is 16.1 Å². The number of carboxylic acids is 1. The molecule has 1 aromatic heterocycles. The number of aromatic nitrogens is 1. The third-order valence-electron chi connectivity index (χ3n) is 2.99. The minimum atomic E-state index is -4.60. The highest BCUT2D eigenvalue weighted by molar-refractivity contribution is 5.87. The van der Waals surface area contributed by atoms with E-state index in [-0.39, 0.29) is 36.0 Å². The van der Waals surface area contributed by atoms with Gasteiger partial charge in [0.25, 0.3) is 0 Å². The fourth-order valence-corrected chi connectivity index (χ4v) is 2.06. The SMILES string of the molecule is O=C(O)c1cc(-c2ccc(C(F)(F)F)c3c2OCCO3)on1. The van der Waals surface area contributed by atoms with Gasteiger partial charge in [-0.2, -0.15) is 13.2 Å². The van der Waals surface area contributed by atoms with Gasteiger partial charge in [0.15, 0.2) is 23.0 Å². The van der Waals surface area contributed by atoms with Crippen molar-refractivity contribution in [3.8, 4) is 22.8 Å². The van der Waals surface area contributed by atoms with Crippen LogP contribution in [-0.2, 0) is 6.18 Å². The van der Waals surface area contributed by atoms with E-state index in [2.05, 4.69) is 5.16 Å². The van der Waals surface area contributed by atoms with Crippen molar-refractivity contribution in [1.29, 1.82) is 0 Å². The molecule has 6 nitrogen and oxygen atoms in total. The molecule has 22 heavy (non-hydrogen) atoms. The summed E-state index contributed by atoms with van der Waals surface area (Å²) in [4.78, 5) is 10.8. The predicted molar refractivity (Wildman–Crippen MR) is 64.9 cm³/mol. The number of fused-ring (bicyclic) bond motifs is 1. The van der Waals surface area contributed by atoms with Crippen molar-refractivity contribution in [2.45, 2.75) is 6.18 Å². The molecule has 9 heteroatoms. The lowest BCUT2D eigenvalue weighted by atomic mass is 10.1. The molecule has 0 aliphatic carbocycles. The normalized spacial score (nSPS) is 14.0. The number of hydrogen-bond donors (Lipinski definition) is 1. The molecular formula is C13H8F3NO5. The van der Waals surface area contributed by atoms with Gasteiger partial charge in [0, 0.05) is 6.07 Å². The monoisotopic (exact) mass is 315 g/mol. The first-order valence-electron chi connectivity index (χ1n) is 6.08. The van der Waals surface area contributed by atoms with Gasteiger partial charge in [-0.3, -0.25) is 0 Å². The Morgan fingerprint density at radius 2 is 1.86 bits per heavy atom. The second-order valence-corrected chi connectivity index (χ2v) is 4.40. The minimum Gasteiger partial charge on any atom is -0.485 e. The Bertz CT molecular complexity index is 738. The number of carboxylic acid groups (broad SMARTS) is 1. The van der Waals surface area contributed by atoms with E-state index in [0.29, 0.717) is 0 Å². The molecule has 1 aliphatic rings. The van der Waals surface area contributed by atoms with E-state index in [0.717, 1.165) is 18.2 Å². The van der Waals surface area contributed by atoms with E-state index in [4.69, 9.17) is 19.1 Å². The third kappa shape index (κ3) is 2.34. The lowest BCUT2D eigenvalue weighted by Gasteiger charge is -2.23. The van der Waals surface area contributed by atoms with Crippen LogP contribution in [0.15, 0.2) is 22.7 Å². The van der Waals surface area contributed by atoms with Gasteiger partial charge in [-0.1, -0.05) is 5.16 Å². The predicted octanol–water partition coefficient (Wildman–Crippen LogP) is 2.83. The molecule has 1 N–H and O–H groups in total. The summed E-state index contributed by atoms with van der Waals surface area (Å²) >= 11 is 0. The van der Waals surface area contributed by atoms with E-state index in [1.165, 1.54) is 0 Å². The molecule has 2 aromatic rings. The maximum absolute atomic E-state index is 13.0. The van der Waals surface area contributed by atoms with Gasteiger partial charge in [-0.05, 0) is 12.1 Å². The van der Waals surface area contributed by atoms with Crippen LogP contribution in [0.2, 0.25) is 0 Å². The minimum absolute atomic E-state index is 0.0175. The number of rotatable bonds is 2. The molecule has 0 saturated carbocycles. The smallest absolute Gasteiger partial charge is 0.420 e. The number of alkyl halides is 3. The second kappa shape index (κ2) is 4.93. The van der Waals surface area contributed by atoms with E-state index < -0.39 is 23.5 Å². The van der Waals surface area contributed by atoms with Gasteiger partial charge in [-0.15, -0.1) is 0 Å². The maximum atomic E-state index is 13.0. The average molecular weight is 315 g/mol. The zero-order chi connectivity index (χ0) is 15.9. The van der Waals surface area contributed by atoms with E-state index >= 15 is 0 Å². The average Bonchev–Trinajstić information content (AvgIpc) is 2.94. The van der Waals surface area contributed by atoms with Crippen LogP contribution in [0.3, 0.4) is 0 Å². The maximum Gasteiger partial charge on any atom is 0.420 e. The summed E-state index contributed by atoms with van der Waals surface area (Å²) in [6.45, 7) is 0.0531. The Balaban J connectivity index is 2.14. The fraction of sp³-hybridized carbons (Fsp3) is 0.231. The number of halogens is 3. The molecular weight excluding hydrogens is 307 g/mol. The first-order chi connectivity index (χ1) is 10.4. The molecule has 0 saturated heterocycles. The summed E-state index contributed by atoms with van der Waals surface area (Å²) in [5.41, 5.74) is -1.19. The second-order valence-electron chi connectivity index (χ2n) is 4.40. The highest BCUT2D eigenvalue weighted by atomic mass is 19.4. The van der Waals surface area contributed by atoms with Crippen LogP contribution in [0.4, 0.5) is 13.2 Å². The molecule has 3 rings (SSSR count). The third-order valence-corrected chi connectivity index (χ3v) is 2.99. The Morgan fingerprint density at radius 1 is 1.18 bits per heavy atom. The van der Waals surface area contributed by atoms with Gasteiger partial charge >= 0.3 is 12.1 Å². The van der Waals surface area contributed by atoms with Crippen molar-refractivity contribution in [1.82, 2.24) is 5.16 Å². The number of hydrogen-bond acceptors (Lipinski definition) is 5. The van der Waals surface area contributed by atoms with Crippen molar-refractivity contribution in [2.24, 2.45) is 0 Å². The molecule has 116 valence electrons. The number of carbonyl (C=O) groups is 1. The summed E-state index contributed by atoms with van der Waals surface area (Å²) in [7, 11) is 0. The first kappa shape index (κ1) is 14.2. The Morgan fingerprint density at radius 3 is 2.45 bits per heavy atom. The first-order valence-corrected chi connectivity index (χ1v) is 6.08. The lowest BCUT2D eigenvalue weighted by molar-refractivity contribution is -0.139. The van der Waals surface area contributed by atoms with Gasteiger partial charge in [0.05, 0.1) is 5.56 Å². The number of benzene rings is 1. The number of aromatic carboxylic acids is 1. The summed E-state index contributed by atoms with van der Waals surface area (Å²) in [5, 5.41) is 12.1. The van der Waals surface area contributed by atoms with Crippen molar-refractivity contribution in [2.75, 3.05) is 13.2 Å². The molecule has 0 bridgehead atoms. The molecule has 1 aromatic carbocycles. The quantitative estimate of drug-likeness (QED) is 0.917. The van der Waals surface area contributed by atoms with Gasteiger partial charge in [0.2, 0.25) is 0 Å². The summed E-state index contributed by atoms with van der Waals surface area (Å²) < 4.78 is 54.1. The van der Waals surface area contributed by atoms with Crippen molar-refractivity contribution in [3.05, 3.63) is 29.5 Å². The molecule has 0 atom stereocenters. The van der Waals surface area contributed by atoms with Crippen LogP contribution in [0.5, 0.6) is 11.5 Å². The topological polar surface area (TPSA) is 81.8 Å². The molecule has 0 spiro atoms. The van der Waals surface area contributed by atoms with Crippen LogP contribution in [0, 0.1) is 0 Å². The zero-order valence-corrected chi connectivity index (χ0v) is 10.8. The van der Waals surface area contributed by atoms with Crippen molar-refractivity contribution < 1.29 is 37.1 Å². The van der Waals surface area contributed by atoms with Crippen LogP contribution in [-0.4, -0.2) is 29.4 Å². The Labute approximate surface area is 121 Å². The number of nitrogens with zero attached hydrogens (tertiary/aromatic N) is 1. The summed E-state index contributed by atoms with van der Waals surface area (Å²) in [6, 6.07) is 3.05. The molecule has 2 heterocycles. The molecule has 0 unspecified atom stereocenters. The van der Waals surface area contributed by atoms with E-state index in [1.54, 1.807) is 0 Å². The van der Waals surface area contributed by atoms with E-state index in [1.807, 2.05) is 0 Å². The highest BCUT2D eigenvalue weighted by Crippen LogP contribution is 2.47. The van der Waals surface area contributed by atoms with E-state index in [9.17, 15) is 18.0 Å². The largest absolute Gasteiger partial charge is 0.485 e. The van der Waals surface area contributed by atoms with Gasteiger partial charge in [-0.25, -0.2) is 4.79 Å². The van der Waals surface area contributed by atoms with Gasteiger partial charge < -0.3 is 19.1 Å². The molecule has 0 radical (unpaired) electrons.